The van der Waals surface area contributed by atoms with Crippen molar-refractivity contribution >= 4 is 11.7 Å². The van der Waals surface area contributed by atoms with Gasteiger partial charge in [0.25, 0.3) is 0 Å². The minimum Gasteiger partial charge on any atom is -0.377 e. The Morgan fingerprint density at radius 2 is 2.00 bits per heavy atom. The monoisotopic (exact) mass is 306 g/mol. The third-order valence-electron chi connectivity index (χ3n) is 3.82. The Bertz CT molecular complexity index is 435. The van der Waals surface area contributed by atoms with Crippen molar-refractivity contribution in [1.82, 2.24) is 5.32 Å². The molecule has 22 heavy (non-hydrogen) atoms. The minimum absolute atomic E-state index is 0.140. The summed E-state index contributed by atoms with van der Waals surface area (Å²) in [7, 11) is 0. The van der Waals surface area contributed by atoms with E-state index < -0.39 is 0 Å². The summed E-state index contributed by atoms with van der Waals surface area (Å²) in [5.74, 6) is 0.560. The maximum Gasteiger partial charge on any atom is 0.319 e. The number of benzene rings is 1. The van der Waals surface area contributed by atoms with Crippen LogP contribution < -0.4 is 10.6 Å². The fraction of sp³-hybridized carbons (Fsp3) is 0.611. The lowest BCUT2D eigenvalue weighted by Gasteiger charge is -2.16. The second kappa shape index (κ2) is 11.1. The Hall–Kier alpha value is -1.55. The Morgan fingerprint density at radius 1 is 1.23 bits per heavy atom. The van der Waals surface area contributed by atoms with E-state index in [9.17, 15) is 4.79 Å². The third-order valence-corrected chi connectivity index (χ3v) is 3.82. The molecule has 1 atom stereocenters. The van der Waals surface area contributed by atoms with Gasteiger partial charge in [0.15, 0.2) is 0 Å². The van der Waals surface area contributed by atoms with Crippen molar-refractivity contribution in [2.45, 2.75) is 53.1 Å². The van der Waals surface area contributed by atoms with E-state index in [1.54, 1.807) is 0 Å². The number of hydrogen-bond acceptors (Lipinski definition) is 2. The van der Waals surface area contributed by atoms with Crippen LogP contribution in [0.4, 0.5) is 10.5 Å². The van der Waals surface area contributed by atoms with E-state index in [1.807, 2.05) is 31.2 Å². The lowest BCUT2D eigenvalue weighted by molar-refractivity contribution is 0.134. The normalized spacial score (nSPS) is 12.0. The summed E-state index contributed by atoms with van der Waals surface area (Å²) in [6, 6.07) is 7.61. The van der Waals surface area contributed by atoms with Crippen molar-refractivity contribution in [3.63, 3.8) is 0 Å². The molecule has 0 fully saturated rings. The van der Waals surface area contributed by atoms with Crippen molar-refractivity contribution in [3.05, 3.63) is 29.8 Å². The van der Waals surface area contributed by atoms with Crippen LogP contribution in [0.5, 0.6) is 0 Å². The van der Waals surface area contributed by atoms with Crippen molar-refractivity contribution < 1.29 is 9.53 Å². The van der Waals surface area contributed by atoms with Gasteiger partial charge in [0.05, 0.1) is 6.61 Å². The van der Waals surface area contributed by atoms with Gasteiger partial charge in [-0.05, 0) is 25.3 Å². The number of unbranched alkanes of at least 4 members (excludes halogenated alkanes) is 1. The molecule has 1 aromatic rings. The summed E-state index contributed by atoms with van der Waals surface area (Å²) < 4.78 is 5.43. The first-order valence-corrected chi connectivity index (χ1v) is 8.41. The highest BCUT2D eigenvalue weighted by Crippen LogP contribution is 2.16. The zero-order valence-corrected chi connectivity index (χ0v) is 14.2. The molecule has 1 aromatic carbocycles. The molecule has 1 rings (SSSR count). The summed E-state index contributed by atoms with van der Waals surface area (Å²) in [6.07, 6.45) is 4.70. The van der Waals surface area contributed by atoms with Crippen LogP contribution in [0.3, 0.4) is 0 Å². The highest BCUT2D eigenvalue weighted by molar-refractivity contribution is 5.90. The number of urea groups is 1. The largest absolute Gasteiger partial charge is 0.377 e. The average Bonchev–Trinajstić information content (AvgIpc) is 2.54. The molecule has 0 bridgehead atoms. The van der Waals surface area contributed by atoms with Crippen LogP contribution in [0.1, 0.15) is 52.0 Å². The fourth-order valence-corrected chi connectivity index (χ4v) is 2.33. The predicted octanol–water partition coefficient (Wildman–Crippen LogP) is 4.56. The van der Waals surface area contributed by atoms with Gasteiger partial charge in [-0.3, -0.25) is 0 Å². The van der Waals surface area contributed by atoms with Gasteiger partial charge in [-0.2, -0.15) is 0 Å². The van der Waals surface area contributed by atoms with Crippen molar-refractivity contribution in [3.8, 4) is 0 Å². The molecule has 0 radical (unpaired) electrons. The summed E-state index contributed by atoms with van der Waals surface area (Å²) in [5.41, 5.74) is 1.81. The van der Waals surface area contributed by atoms with E-state index in [1.165, 1.54) is 19.3 Å². The second-order valence-electron chi connectivity index (χ2n) is 5.55. The molecule has 0 spiro atoms. The number of ether oxygens (including phenoxy) is 1. The number of carbonyl (C=O) groups is 1. The molecule has 124 valence electrons. The van der Waals surface area contributed by atoms with E-state index in [0.717, 1.165) is 24.2 Å². The molecule has 0 aromatic heterocycles. The van der Waals surface area contributed by atoms with Crippen LogP contribution in [0.25, 0.3) is 0 Å². The lowest BCUT2D eigenvalue weighted by Crippen LogP contribution is -2.33. The highest BCUT2D eigenvalue weighted by Gasteiger charge is 2.10. The number of hydrogen-bond donors (Lipinski definition) is 2. The molecule has 0 saturated heterocycles. The van der Waals surface area contributed by atoms with Crippen LogP contribution in [0.2, 0.25) is 0 Å². The van der Waals surface area contributed by atoms with Gasteiger partial charge in [0.2, 0.25) is 0 Å². The van der Waals surface area contributed by atoms with E-state index in [2.05, 4.69) is 24.5 Å². The number of amides is 2. The summed E-state index contributed by atoms with van der Waals surface area (Å²) in [5, 5.41) is 5.91. The van der Waals surface area contributed by atoms with Gasteiger partial charge in [-0.15, -0.1) is 0 Å². The van der Waals surface area contributed by atoms with Crippen LogP contribution >= 0.6 is 0 Å². The van der Waals surface area contributed by atoms with Crippen molar-refractivity contribution in [1.29, 1.82) is 0 Å². The number of nitrogens with one attached hydrogen (secondary N) is 2. The maximum absolute atomic E-state index is 12.1. The minimum atomic E-state index is -0.140. The molecule has 0 aliphatic carbocycles. The zero-order valence-electron chi connectivity index (χ0n) is 14.2. The first kappa shape index (κ1) is 18.5. The topological polar surface area (TPSA) is 50.4 Å². The Labute approximate surface area is 134 Å². The first-order chi connectivity index (χ1) is 10.7. The maximum atomic E-state index is 12.1. The zero-order chi connectivity index (χ0) is 16.2. The molecular weight excluding hydrogens is 276 g/mol. The van der Waals surface area contributed by atoms with Gasteiger partial charge < -0.3 is 15.4 Å². The molecular formula is C18H30N2O2. The quantitative estimate of drug-likeness (QED) is 0.665. The number of rotatable bonds is 10. The van der Waals surface area contributed by atoms with Crippen molar-refractivity contribution in [2.75, 3.05) is 18.5 Å². The molecule has 2 amide bonds. The summed E-state index contributed by atoms with van der Waals surface area (Å²) >= 11 is 0. The van der Waals surface area contributed by atoms with Gasteiger partial charge in [0, 0.05) is 24.4 Å². The van der Waals surface area contributed by atoms with Gasteiger partial charge in [-0.1, -0.05) is 51.3 Å². The van der Waals surface area contributed by atoms with Crippen LogP contribution in [-0.4, -0.2) is 19.2 Å². The summed E-state index contributed by atoms with van der Waals surface area (Å²) in [4.78, 5) is 12.1. The number of anilines is 1. The van der Waals surface area contributed by atoms with Crippen LogP contribution in [0, 0.1) is 5.92 Å². The van der Waals surface area contributed by atoms with Crippen LogP contribution in [0.15, 0.2) is 24.3 Å². The third kappa shape index (κ3) is 6.94. The highest BCUT2D eigenvalue weighted by atomic mass is 16.5. The van der Waals surface area contributed by atoms with Crippen molar-refractivity contribution in [2.24, 2.45) is 5.92 Å². The Balaban J connectivity index is 2.47. The van der Waals surface area contributed by atoms with Crippen LogP contribution in [-0.2, 0) is 11.3 Å². The van der Waals surface area contributed by atoms with Gasteiger partial charge >= 0.3 is 6.03 Å². The molecule has 0 saturated carbocycles. The molecule has 1 unspecified atom stereocenters. The molecule has 4 heteroatoms. The Morgan fingerprint density at radius 3 is 2.68 bits per heavy atom. The number of para-hydroxylation sites is 1. The lowest BCUT2D eigenvalue weighted by atomic mass is 9.99. The second-order valence-corrected chi connectivity index (χ2v) is 5.55. The Kier molecular flexibility index (Phi) is 9.31. The van der Waals surface area contributed by atoms with E-state index in [-0.39, 0.29) is 6.03 Å². The molecule has 4 nitrogen and oxygen atoms in total. The standard InChI is InChI=1S/C18H30N2O2/c1-4-7-10-15(5-2)13-19-18(21)20-17-12-9-8-11-16(17)14-22-6-3/h8-9,11-12,15H,4-7,10,13-14H2,1-3H3,(H2,19,20,21). The first-order valence-electron chi connectivity index (χ1n) is 8.41. The molecule has 0 aliphatic heterocycles. The summed E-state index contributed by atoms with van der Waals surface area (Å²) in [6.45, 7) is 8.25. The molecule has 2 N–H and O–H groups in total. The van der Waals surface area contributed by atoms with E-state index in [0.29, 0.717) is 19.1 Å². The molecule has 0 aliphatic rings. The SMILES string of the molecule is CCCCC(CC)CNC(=O)Nc1ccccc1COCC. The predicted molar refractivity (Wildman–Crippen MR) is 92.1 cm³/mol. The average molecular weight is 306 g/mol. The molecule has 0 heterocycles. The smallest absolute Gasteiger partial charge is 0.319 e. The number of carbonyl (C=O) groups excluding carboxylic acids is 1. The van der Waals surface area contributed by atoms with Gasteiger partial charge in [-0.25, -0.2) is 4.79 Å². The van der Waals surface area contributed by atoms with E-state index >= 15 is 0 Å². The van der Waals surface area contributed by atoms with Gasteiger partial charge in [0.1, 0.15) is 0 Å². The fourth-order valence-electron chi connectivity index (χ4n) is 2.33. The van der Waals surface area contributed by atoms with E-state index in [4.69, 9.17) is 4.74 Å².